The van der Waals surface area contributed by atoms with Crippen LogP contribution in [0.4, 0.5) is 0 Å². The van der Waals surface area contributed by atoms with E-state index in [0.717, 1.165) is 60.1 Å². The predicted molar refractivity (Wildman–Crippen MR) is 182 cm³/mol. The summed E-state index contributed by atoms with van der Waals surface area (Å²) in [5, 5.41) is 0. The van der Waals surface area contributed by atoms with Crippen molar-refractivity contribution in [2.24, 2.45) is 0 Å². The molecule has 0 radical (unpaired) electrons. The van der Waals surface area contributed by atoms with Gasteiger partial charge < -0.3 is 32.9 Å². The number of methoxy groups -OCH3 is 4. The van der Waals surface area contributed by atoms with Crippen molar-refractivity contribution in [3.63, 3.8) is 0 Å². The van der Waals surface area contributed by atoms with Gasteiger partial charge in [-0.3, -0.25) is 4.90 Å². The molecule has 0 aliphatic carbocycles. The monoisotopic (exact) mass is 637 g/mol. The lowest BCUT2D eigenvalue weighted by molar-refractivity contribution is -0.923. The van der Waals surface area contributed by atoms with Crippen molar-refractivity contribution in [2.75, 3.05) is 62.7 Å². The van der Waals surface area contributed by atoms with Gasteiger partial charge in [0.05, 0.1) is 54.6 Å². The molecule has 0 spiro atoms. The number of ether oxygens (including phenoxy) is 6. The first-order valence-corrected chi connectivity index (χ1v) is 16.4. The van der Waals surface area contributed by atoms with E-state index in [2.05, 4.69) is 80.6 Å². The summed E-state index contributed by atoms with van der Waals surface area (Å²) in [7, 11) is 13.6. The lowest BCUT2D eigenvalue weighted by Crippen LogP contribution is -2.48. The van der Waals surface area contributed by atoms with Crippen LogP contribution in [0.1, 0.15) is 45.5 Å². The molecule has 246 valence electrons. The molecule has 4 aliphatic rings. The summed E-state index contributed by atoms with van der Waals surface area (Å²) < 4.78 is 38.1. The number of hydrogen-bond donors (Lipinski definition) is 0. The van der Waals surface area contributed by atoms with E-state index < -0.39 is 0 Å². The Hall–Kier alpha value is -4.40. The van der Waals surface area contributed by atoms with Gasteiger partial charge >= 0.3 is 0 Å². The molecular formula is C39H45N2O6+. The molecule has 0 amide bonds. The number of likely N-dealkylation sites (N-methyl/N-ethyl adjacent to an activating group) is 2. The van der Waals surface area contributed by atoms with Crippen molar-refractivity contribution in [1.82, 2.24) is 4.90 Å². The summed E-state index contributed by atoms with van der Waals surface area (Å²) in [5.74, 6) is 5.47. The highest BCUT2D eigenvalue weighted by Crippen LogP contribution is 2.53. The summed E-state index contributed by atoms with van der Waals surface area (Å²) in [6, 6.07) is 21.4. The molecule has 8 heteroatoms. The van der Waals surface area contributed by atoms with Crippen LogP contribution in [0, 0.1) is 0 Å². The van der Waals surface area contributed by atoms with E-state index >= 15 is 0 Å². The average molecular weight is 638 g/mol. The van der Waals surface area contributed by atoms with Crippen LogP contribution in [-0.4, -0.2) is 72.1 Å². The third-order valence-corrected chi connectivity index (χ3v) is 10.4. The number of quaternary nitrogens is 1. The lowest BCUT2D eigenvalue weighted by atomic mass is 9.85. The van der Waals surface area contributed by atoms with Crippen molar-refractivity contribution in [2.45, 2.75) is 37.8 Å². The highest BCUT2D eigenvalue weighted by Gasteiger charge is 2.41. The van der Waals surface area contributed by atoms with Gasteiger partial charge in [0.15, 0.2) is 34.5 Å². The smallest absolute Gasteiger partial charge is 0.204 e. The molecule has 2 atom stereocenters. The van der Waals surface area contributed by atoms with E-state index in [-0.39, 0.29) is 12.1 Å². The topological polar surface area (TPSA) is 58.6 Å². The van der Waals surface area contributed by atoms with Crippen LogP contribution in [0.15, 0.2) is 60.7 Å². The Labute approximate surface area is 277 Å². The average Bonchev–Trinajstić information content (AvgIpc) is 3.07. The molecule has 4 aliphatic heterocycles. The summed E-state index contributed by atoms with van der Waals surface area (Å²) in [6.07, 6.45) is 3.42. The van der Waals surface area contributed by atoms with E-state index in [1.807, 2.05) is 6.07 Å². The van der Waals surface area contributed by atoms with Crippen LogP contribution in [0.25, 0.3) is 0 Å². The maximum Gasteiger partial charge on any atom is 0.204 e. The zero-order valence-electron chi connectivity index (χ0n) is 28.5. The largest absolute Gasteiger partial charge is 0.493 e. The van der Waals surface area contributed by atoms with Crippen molar-refractivity contribution in [1.29, 1.82) is 0 Å². The SMILES string of the molecule is COc1ccc2cc1Oc1ccc(cc1)C[C@H]1c3cc(c(OC)cc3CCN1C)Oc1c(OC)c(OC)cc3c1[C@H](C2)[N+](C)(C)CC3. The Morgan fingerprint density at radius 1 is 0.702 bits per heavy atom. The first-order chi connectivity index (χ1) is 22.7. The first-order valence-electron chi connectivity index (χ1n) is 16.4. The van der Waals surface area contributed by atoms with E-state index in [1.54, 1.807) is 28.4 Å². The molecule has 0 N–H and O–H groups in total. The van der Waals surface area contributed by atoms with Gasteiger partial charge in [-0.2, -0.15) is 0 Å². The zero-order valence-corrected chi connectivity index (χ0v) is 28.5. The number of hydrogen-bond acceptors (Lipinski definition) is 7. The third-order valence-electron chi connectivity index (χ3n) is 10.4. The number of fused-ring (bicyclic) bond motifs is 2. The van der Waals surface area contributed by atoms with Crippen LogP contribution in [0.2, 0.25) is 0 Å². The van der Waals surface area contributed by atoms with Crippen LogP contribution in [0.3, 0.4) is 0 Å². The Morgan fingerprint density at radius 2 is 1.40 bits per heavy atom. The van der Waals surface area contributed by atoms with E-state index in [1.165, 1.54) is 22.3 Å². The second-order valence-corrected chi connectivity index (χ2v) is 13.5. The molecule has 6 bridgehead atoms. The Kier molecular flexibility index (Phi) is 8.18. The number of rotatable bonds is 4. The molecule has 47 heavy (non-hydrogen) atoms. The fourth-order valence-electron chi connectivity index (χ4n) is 7.61. The van der Waals surface area contributed by atoms with Crippen LogP contribution < -0.4 is 28.4 Å². The van der Waals surface area contributed by atoms with Crippen molar-refractivity contribution >= 4 is 0 Å². The Bertz CT molecular complexity index is 1800. The normalized spacial score (nSPS) is 19.7. The second-order valence-electron chi connectivity index (χ2n) is 13.5. The van der Waals surface area contributed by atoms with Crippen LogP contribution >= 0.6 is 0 Å². The number of benzene rings is 4. The predicted octanol–water partition coefficient (Wildman–Crippen LogP) is 7.31. The van der Waals surface area contributed by atoms with Crippen molar-refractivity contribution in [3.05, 3.63) is 94.0 Å². The number of nitrogens with zero attached hydrogens (tertiary/aromatic N) is 2. The van der Waals surface area contributed by atoms with E-state index in [0.29, 0.717) is 40.2 Å². The fraction of sp³-hybridized carbons (Fsp3) is 0.385. The molecule has 4 heterocycles. The first kappa shape index (κ1) is 31.2. The fourth-order valence-corrected chi connectivity index (χ4v) is 7.61. The molecule has 0 fully saturated rings. The van der Waals surface area contributed by atoms with Gasteiger partial charge in [-0.05, 0) is 90.2 Å². The highest BCUT2D eigenvalue weighted by atomic mass is 16.5. The molecule has 0 unspecified atom stereocenters. The maximum absolute atomic E-state index is 7.09. The van der Waals surface area contributed by atoms with Gasteiger partial charge in [-0.15, -0.1) is 0 Å². The lowest BCUT2D eigenvalue weighted by Gasteiger charge is -2.43. The second kappa shape index (κ2) is 12.3. The van der Waals surface area contributed by atoms with Crippen LogP contribution in [-0.2, 0) is 25.7 Å². The van der Waals surface area contributed by atoms with E-state index in [9.17, 15) is 0 Å². The molecule has 8 rings (SSSR count). The molecule has 0 saturated carbocycles. The summed E-state index contributed by atoms with van der Waals surface area (Å²) in [4.78, 5) is 2.43. The van der Waals surface area contributed by atoms with Gasteiger partial charge in [-0.1, -0.05) is 18.2 Å². The van der Waals surface area contributed by atoms with Gasteiger partial charge in [0.25, 0.3) is 0 Å². The molecule has 8 nitrogen and oxygen atoms in total. The van der Waals surface area contributed by atoms with Crippen molar-refractivity contribution in [3.8, 4) is 46.0 Å². The molecular weight excluding hydrogens is 592 g/mol. The Morgan fingerprint density at radius 3 is 2.13 bits per heavy atom. The molecule has 4 aromatic rings. The molecule has 4 aromatic carbocycles. The van der Waals surface area contributed by atoms with Gasteiger partial charge in [0.2, 0.25) is 5.75 Å². The molecule has 0 aromatic heterocycles. The maximum atomic E-state index is 7.09. The van der Waals surface area contributed by atoms with E-state index in [4.69, 9.17) is 28.4 Å². The summed E-state index contributed by atoms with van der Waals surface area (Å²) in [5.41, 5.74) is 7.23. The summed E-state index contributed by atoms with van der Waals surface area (Å²) >= 11 is 0. The third kappa shape index (κ3) is 5.63. The quantitative estimate of drug-likeness (QED) is 0.218. The van der Waals surface area contributed by atoms with Gasteiger partial charge in [0, 0.05) is 25.4 Å². The zero-order chi connectivity index (χ0) is 32.9. The van der Waals surface area contributed by atoms with Crippen LogP contribution in [0.5, 0.6) is 46.0 Å². The minimum Gasteiger partial charge on any atom is -0.493 e. The summed E-state index contributed by atoms with van der Waals surface area (Å²) in [6.45, 7) is 1.93. The highest BCUT2D eigenvalue weighted by molar-refractivity contribution is 5.63. The Balaban J connectivity index is 1.49. The van der Waals surface area contributed by atoms with Gasteiger partial charge in [0.1, 0.15) is 11.8 Å². The molecule has 0 saturated heterocycles. The standard InChI is InChI=1S/C39H45N2O6/c1-40-16-14-26-21-33(43-5)35-23-29(26)30(40)18-24-8-11-28(12-9-24)46-34-20-25(10-13-32(34)42-4)19-31-37-27(15-17-41(31,2)3)22-36(44-6)38(45-7)39(37)47-35/h8-13,20-23,30-31H,14-19H2,1-7H3/q+1/t30-,31-/m0/s1. The van der Waals surface area contributed by atoms with Gasteiger partial charge in [-0.25, -0.2) is 0 Å². The minimum absolute atomic E-state index is 0.0514. The minimum atomic E-state index is 0.0514. The van der Waals surface area contributed by atoms with Crippen molar-refractivity contribution < 1.29 is 32.9 Å².